The Labute approximate surface area is 132 Å². The number of hydrogen-bond acceptors (Lipinski definition) is 2. The lowest BCUT2D eigenvalue weighted by Gasteiger charge is -2.27. The summed E-state index contributed by atoms with van der Waals surface area (Å²) in [6, 6.07) is 6.73. The van der Waals surface area contributed by atoms with Crippen LogP contribution in [0.2, 0.25) is 0 Å². The van der Waals surface area contributed by atoms with Crippen LogP contribution in [0.3, 0.4) is 0 Å². The molecular weight excluding hydrogens is 314 g/mol. The maximum absolute atomic E-state index is 5.56. The standard InChI is InChI=1S/C17H28BrNO/c1-5-8-9-13(6-2)17(19-4)15-11-10-14(20-7-3)12-16(15)18/h10-13,17,19H,5-9H2,1-4H3. The summed E-state index contributed by atoms with van der Waals surface area (Å²) in [6.07, 6.45) is 5.03. The Kier molecular flexibility index (Phi) is 8.24. The summed E-state index contributed by atoms with van der Waals surface area (Å²) in [4.78, 5) is 0. The Balaban J connectivity index is 2.92. The molecule has 0 spiro atoms. The van der Waals surface area contributed by atoms with Gasteiger partial charge in [0.25, 0.3) is 0 Å². The molecule has 3 heteroatoms. The third kappa shape index (κ3) is 4.78. The number of hydrogen-bond donors (Lipinski definition) is 1. The molecular formula is C17H28BrNO. The predicted molar refractivity (Wildman–Crippen MR) is 90.4 cm³/mol. The van der Waals surface area contributed by atoms with Gasteiger partial charge in [-0.2, -0.15) is 0 Å². The molecule has 0 aliphatic carbocycles. The van der Waals surface area contributed by atoms with E-state index in [1.807, 2.05) is 6.92 Å². The number of rotatable bonds is 9. The van der Waals surface area contributed by atoms with E-state index in [9.17, 15) is 0 Å². The third-order valence-corrected chi connectivity index (χ3v) is 4.54. The SMILES string of the molecule is CCCCC(CC)C(NC)c1ccc(OCC)cc1Br. The van der Waals surface area contributed by atoms with Crippen molar-refractivity contribution in [1.82, 2.24) is 5.32 Å². The van der Waals surface area contributed by atoms with Gasteiger partial charge in [0.15, 0.2) is 0 Å². The van der Waals surface area contributed by atoms with Crippen molar-refractivity contribution in [2.45, 2.75) is 52.5 Å². The van der Waals surface area contributed by atoms with E-state index in [0.29, 0.717) is 18.6 Å². The molecule has 0 aromatic heterocycles. The number of nitrogens with one attached hydrogen (secondary N) is 1. The molecule has 1 aromatic rings. The van der Waals surface area contributed by atoms with E-state index in [1.165, 1.54) is 31.2 Å². The average molecular weight is 342 g/mol. The van der Waals surface area contributed by atoms with Gasteiger partial charge < -0.3 is 10.1 Å². The molecule has 114 valence electrons. The largest absolute Gasteiger partial charge is 0.494 e. The van der Waals surface area contributed by atoms with Crippen LogP contribution in [0, 0.1) is 5.92 Å². The molecule has 0 fully saturated rings. The zero-order chi connectivity index (χ0) is 15.0. The van der Waals surface area contributed by atoms with Gasteiger partial charge in [-0.25, -0.2) is 0 Å². The van der Waals surface area contributed by atoms with Crippen molar-refractivity contribution in [2.24, 2.45) is 5.92 Å². The van der Waals surface area contributed by atoms with Crippen molar-refractivity contribution in [3.05, 3.63) is 28.2 Å². The second-order valence-electron chi connectivity index (χ2n) is 5.19. The Morgan fingerprint density at radius 2 is 2.00 bits per heavy atom. The molecule has 0 saturated heterocycles. The quantitative estimate of drug-likeness (QED) is 0.655. The van der Waals surface area contributed by atoms with Crippen LogP contribution in [0.15, 0.2) is 22.7 Å². The Morgan fingerprint density at radius 1 is 1.25 bits per heavy atom. The molecule has 0 saturated carbocycles. The lowest BCUT2D eigenvalue weighted by Crippen LogP contribution is -2.25. The molecule has 0 radical (unpaired) electrons. The van der Waals surface area contributed by atoms with Crippen LogP contribution in [-0.2, 0) is 0 Å². The first kappa shape index (κ1) is 17.5. The number of benzene rings is 1. The lowest BCUT2D eigenvalue weighted by molar-refractivity contribution is 0.332. The van der Waals surface area contributed by atoms with Gasteiger partial charge in [-0.05, 0) is 44.0 Å². The fraction of sp³-hybridized carbons (Fsp3) is 0.647. The summed E-state index contributed by atoms with van der Waals surface area (Å²) in [5.41, 5.74) is 1.33. The van der Waals surface area contributed by atoms with Crippen molar-refractivity contribution in [3.63, 3.8) is 0 Å². The van der Waals surface area contributed by atoms with E-state index in [0.717, 1.165) is 10.2 Å². The molecule has 0 aliphatic heterocycles. The highest BCUT2D eigenvalue weighted by Crippen LogP contribution is 2.34. The van der Waals surface area contributed by atoms with Crippen LogP contribution in [0.25, 0.3) is 0 Å². The molecule has 1 N–H and O–H groups in total. The minimum atomic E-state index is 0.400. The van der Waals surface area contributed by atoms with Crippen molar-refractivity contribution in [2.75, 3.05) is 13.7 Å². The first-order valence-corrected chi connectivity index (χ1v) is 8.56. The zero-order valence-corrected chi connectivity index (χ0v) is 14.8. The molecule has 2 atom stereocenters. The van der Waals surface area contributed by atoms with E-state index in [-0.39, 0.29) is 0 Å². The number of ether oxygens (including phenoxy) is 1. The normalized spacial score (nSPS) is 14.1. The van der Waals surface area contributed by atoms with Gasteiger partial charge >= 0.3 is 0 Å². The second-order valence-corrected chi connectivity index (χ2v) is 6.05. The molecule has 0 heterocycles. The molecule has 20 heavy (non-hydrogen) atoms. The number of unbranched alkanes of at least 4 members (excludes halogenated alkanes) is 1. The van der Waals surface area contributed by atoms with Gasteiger partial charge in [0.2, 0.25) is 0 Å². The van der Waals surface area contributed by atoms with Gasteiger partial charge in [-0.3, -0.25) is 0 Å². The summed E-state index contributed by atoms with van der Waals surface area (Å²) >= 11 is 3.70. The highest BCUT2D eigenvalue weighted by Gasteiger charge is 2.22. The first-order valence-electron chi connectivity index (χ1n) is 7.77. The highest BCUT2D eigenvalue weighted by molar-refractivity contribution is 9.10. The van der Waals surface area contributed by atoms with E-state index >= 15 is 0 Å². The van der Waals surface area contributed by atoms with Crippen molar-refractivity contribution >= 4 is 15.9 Å². The Morgan fingerprint density at radius 3 is 2.50 bits per heavy atom. The van der Waals surface area contributed by atoms with Crippen molar-refractivity contribution < 1.29 is 4.74 Å². The summed E-state index contributed by atoms with van der Waals surface area (Å²) in [7, 11) is 2.06. The summed E-state index contributed by atoms with van der Waals surface area (Å²) in [6.45, 7) is 7.26. The van der Waals surface area contributed by atoms with Crippen LogP contribution in [0.5, 0.6) is 5.75 Å². The molecule has 0 bridgehead atoms. The summed E-state index contributed by atoms with van der Waals surface area (Å²) in [5, 5.41) is 3.50. The summed E-state index contributed by atoms with van der Waals surface area (Å²) in [5.74, 6) is 1.61. The van der Waals surface area contributed by atoms with Gasteiger partial charge in [0, 0.05) is 10.5 Å². The fourth-order valence-corrected chi connectivity index (χ4v) is 3.34. The van der Waals surface area contributed by atoms with Crippen LogP contribution in [0.1, 0.15) is 58.1 Å². The molecule has 0 aliphatic rings. The topological polar surface area (TPSA) is 21.3 Å². The van der Waals surface area contributed by atoms with Crippen LogP contribution < -0.4 is 10.1 Å². The van der Waals surface area contributed by atoms with E-state index in [1.54, 1.807) is 0 Å². The van der Waals surface area contributed by atoms with E-state index in [4.69, 9.17) is 4.74 Å². The lowest BCUT2D eigenvalue weighted by atomic mass is 9.87. The third-order valence-electron chi connectivity index (χ3n) is 3.85. The van der Waals surface area contributed by atoms with Gasteiger partial charge in [0.05, 0.1) is 6.61 Å². The first-order chi connectivity index (χ1) is 9.67. The average Bonchev–Trinajstić information content (AvgIpc) is 2.45. The van der Waals surface area contributed by atoms with Crippen molar-refractivity contribution in [1.29, 1.82) is 0 Å². The molecule has 2 unspecified atom stereocenters. The van der Waals surface area contributed by atoms with E-state index < -0.39 is 0 Å². The second kappa shape index (κ2) is 9.41. The number of halogens is 1. The Bertz CT molecular complexity index is 395. The van der Waals surface area contributed by atoms with Gasteiger partial charge in [-0.1, -0.05) is 55.1 Å². The van der Waals surface area contributed by atoms with Gasteiger partial charge in [0.1, 0.15) is 5.75 Å². The zero-order valence-electron chi connectivity index (χ0n) is 13.2. The molecule has 2 nitrogen and oxygen atoms in total. The minimum absolute atomic E-state index is 0.400. The molecule has 1 rings (SSSR count). The minimum Gasteiger partial charge on any atom is -0.494 e. The molecule has 0 amide bonds. The maximum atomic E-state index is 5.56. The Hall–Kier alpha value is -0.540. The highest BCUT2D eigenvalue weighted by atomic mass is 79.9. The van der Waals surface area contributed by atoms with Crippen molar-refractivity contribution in [3.8, 4) is 5.75 Å². The monoisotopic (exact) mass is 341 g/mol. The van der Waals surface area contributed by atoms with Gasteiger partial charge in [-0.15, -0.1) is 0 Å². The maximum Gasteiger partial charge on any atom is 0.120 e. The van der Waals surface area contributed by atoms with Crippen LogP contribution in [-0.4, -0.2) is 13.7 Å². The van der Waals surface area contributed by atoms with Crippen LogP contribution >= 0.6 is 15.9 Å². The van der Waals surface area contributed by atoms with Crippen LogP contribution in [0.4, 0.5) is 0 Å². The predicted octanol–water partition coefficient (Wildman–Crippen LogP) is 5.32. The smallest absolute Gasteiger partial charge is 0.120 e. The molecule has 1 aromatic carbocycles. The fourth-order valence-electron chi connectivity index (χ4n) is 2.73. The summed E-state index contributed by atoms with van der Waals surface area (Å²) < 4.78 is 6.69. The van der Waals surface area contributed by atoms with E-state index in [2.05, 4.69) is 60.3 Å².